The average Bonchev–Trinajstić information content (AvgIpc) is 2.95. The Kier molecular flexibility index (Phi) is 7.06. The zero-order chi connectivity index (χ0) is 17.6. The highest BCUT2D eigenvalue weighted by Crippen LogP contribution is 2.18. The Morgan fingerprint density at radius 2 is 2.08 bits per heavy atom. The van der Waals surface area contributed by atoms with Crippen molar-refractivity contribution in [3.05, 3.63) is 21.9 Å². The van der Waals surface area contributed by atoms with E-state index < -0.39 is 10.0 Å². The lowest BCUT2D eigenvalue weighted by Gasteiger charge is -2.30. The van der Waals surface area contributed by atoms with Crippen LogP contribution in [0.1, 0.15) is 30.2 Å². The molecule has 8 heteroatoms. The van der Waals surface area contributed by atoms with E-state index in [4.69, 9.17) is 0 Å². The largest absolute Gasteiger partial charge is 0.357 e. The van der Waals surface area contributed by atoms with Crippen LogP contribution in [0.25, 0.3) is 0 Å². The zero-order valence-corrected chi connectivity index (χ0v) is 16.3. The van der Waals surface area contributed by atoms with Gasteiger partial charge in [-0.25, -0.2) is 17.7 Å². The first-order valence-corrected chi connectivity index (χ1v) is 11.1. The van der Waals surface area contributed by atoms with Gasteiger partial charge in [-0.15, -0.1) is 11.3 Å². The van der Waals surface area contributed by atoms with E-state index in [-0.39, 0.29) is 0 Å². The molecule has 2 rings (SSSR count). The van der Waals surface area contributed by atoms with Gasteiger partial charge in [0.25, 0.3) is 0 Å². The van der Waals surface area contributed by atoms with Gasteiger partial charge in [0.2, 0.25) is 10.0 Å². The monoisotopic (exact) mass is 372 g/mol. The van der Waals surface area contributed by atoms with Gasteiger partial charge in [0.15, 0.2) is 5.96 Å². The van der Waals surface area contributed by atoms with Gasteiger partial charge < -0.3 is 10.6 Å². The molecule has 0 radical (unpaired) electrons. The maximum Gasteiger partial charge on any atom is 0.211 e. The highest BCUT2D eigenvalue weighted by atomic mass is 32.2. The minimum Gasteiger partial charge on any atom is -0.357 e. The Labute approximate surface area is 149 Å². The molecule has 2 N–H and O–H groups in total. The first kappa shape index (κ1) is 19.2. The molecule has 0 saturated carbocycles. The van der Waals surface area contributed by atoms with Crippen molar-refractivity contribution in [2.45, 2.75) is 33.2 Å². The second-order valence-corrected chi connectivity index (χ2v) is 9.19. The molecule has 0 atom stereocenters. The molecule has 1 fully saturated rings. The van der Waals surface area contributed by atoms with E-state index in [0.717, 1.165) is 31.9 Å². The van der Waals surface area contributed by atoms with E-state index in [0.29, 0.717) is 25.6 Å². The predicted molar refractivity (Wildman–Crippen MR) is 101 cm³/mol. The van der Waals surface area contributed by atoms with Crippen LogP contribution in [0.4, 0.5) is 0 Å². The van der Waals surface area contributed by atoms with Crippen molar-refractivity contribution >= 4 is 27.3 Å². The molecule has 0 aromatic carbocycles. The van der Waals surface area contributed by atoms with Gasteiger partial charge in [-0.05, 0) is 49.6 Å². The number of guanidine groups is 1. The summed E-state index contributed by atoms with van der Waals surface area (Å²) in [6.07, 6.45) is 3.07. The van der Waals surface area contributed by atoms with Gasteiger partial charge in [0, 0.05) is 31.1 Å². The molecule has 0 amide bonds. The van der Waals surface area contributed by atoms with Crippen LogP contribution >= 0.6 is 11.3 Å². The van der Waals surface area contributed by atoms with Crippen LogP contribution in [0, 0.1) is 12.8 Å². The minimum atomic E-state index is -3.05. The second-order valence-electron chi connectivity index (χ2n) is 6.21. The summed E-state index contributed by atoms with van der Waals surface area (Å²) in [6.45, 7) is 7.73. The Balaban J connectivity index is 1.83. The number of sulfonamides is 1. The van der Waals surface area contributed by atoms with Crippen molar-refractivity contribution < 1.29 is 8.42 Å². The number of rotatable bonds is 6. The van der Waals surface area contributed by atoms with E-state index in [1.165, 1.54) is 16.7 Å². The third-order valence-electron chi connectivity index (χ3n) is 4.29. The summed E-state index contributed by atoms with van der Waals surface area (Å²) >= 11 is 1.73. The van der Waals surface area contributed by atoms with E-state index in [1.54, 1.807) is 15.6 Å². The number of hydrogen-bond donors (Lipinski definition) is 2. The lowest BCUT2D eigenvalue weighted by Crippen LogP contribution is -2.44. The fraction of sp³-hybridized carbons (Fsp3) is 0.688. The van der Waals surface area contributed by atoms with Crippen molar-refractivity contribution in [3.63, 3.8) is 0 Å². The molecular weight excluding hydrogens is 344 g/mol. The van der Waals surface area contributed by atoms with E-state index in [9.17, 15) is 8.42 Å². The summed E-state index contributed by atoms with van der Waals surface area (Å²) in [5.74, 6) is 1.31. The topological polar surface area (TPSA) is 73.8 Å². The van der Waals surface area contributed by atoms with Crippen molar-refractivity contribution in [2.24, 2.45) is 10.9 Å². The van der Waals surface area contributed by atoms with Crippen molar-refractivity contribution in [3.8, 4) is 0 Å². The van der Waals surface area contributed by atoms with Crippen LogP contribution in [0.2, 0.25) is 0 Å². The Morgan fingerprint density at radius 3 is 2.62 bits per heavy atom. The Hall–Kier alpha value is -1.12. The number of piperidine rings is 1. The summed E-state index contributed by atoms with van der Waals surface area (Å²) in [4.78, 5) is 5.94. The smallest absolute Gasteiger partial charge is 0.211 e. The maximum atomic E-state index is 11.6. The summed E-state index contributed by atoms with van der Waals surface area (Å²) in [6, 6.07) is 2.12. The standard InChI is InChI=1S/C16H28N4O2S2/c1-4-17-16(19-12-15-13(2)7-10-23-15)18-11-14-5-8-20(9-6-14)24(3,21)22/h7,10,14H,4-6,8-9,11-12H2,1-3H3,(H2,17,18,19). The summed E-state index contributed by atoms with van der Waals surface area (Å²) in [7, 11) is -3.05. The van der Waals surface area contributed by atoms with Crippen LogP contribution < -0.4 is 10.6 Å². The second kappa shape index (κ2) is 8.82. The molecular formula is C16H28N4O2S2. The molecule has 1 aliphatic heterocycles. The molecule has 0 bridgehead atoms. The zero-order valence-electron chi connectivity index (χ0n) is 14.7. The molecule has 0 aliphatic carbocycles. The van der Waals surface area contributed by atoms with Gasteiger partial charge >= 0.3 is 0 Å². The lowest BCUT2D eigenvalue weighted by atomic mass is 9.98. The van der Waals surface area contributed by atoms with Gasteiger partial charge in [0.05, 0.1) is 12.8 Å². The van der Waals surface area contributed by atoms with Crippen molar-refractivity contribution in [1.82, 2.24) is 14.9 Å². The van der Waals surface area contributed by atoms with Crippen LogP contribution in [-0.4, -0.2) is 51.1 Å². The summed E-state index contributed by atoms with van der Waals surface area (Å²) in [5.41, 5.74) is 1.28. The molecule has 6 nitrogen and oxygen atoms in total. The lowest BCUT2D eigenvalue weighted by molar-refractivity contribution is 0.275. The Morgan fingerprint density at radius 1 is 1.38 bits per heavy atom. The van der Waals surface area contributed by atoms with Gasteiger partial charge in [-0.1, -0.05) is 0 Å². The van der Waals surface area contributed by atoms with Crippen LogP contribution in [0.5, 0.6) is 0 Å². The summed E-state index contributed by atoms with van der Waals surface area (Å²) in [5, 5.41) is 8.77. The normalized spacial score (nSPS) is 17.9. The van der Waals surface area contributed by atoms with Crippen molar-refractivity contribution in [1.29, 1.82) is 0 Å². The quantitative estimate of drug-likeness (QED) is 0.590. The number of hydrogen-bond acceptors (Lipinski definition) is 4. The minimum absolute atomic E-state index is 0.482. The molecule has 1 aliphatic rings. The van der Waals surface area contributed by atoms with Crippen LogP contribution in [-0.2, 0) is 16.6 Å². The SMILES string of the molecule is CCNC(=NCc1sccc1C)NCC1CCN(S(C)(=O)=O)CC1. The maximum absolute atomic E-state index is 11.6. The summed E-state index contributed by atoms with van der Waals surface area (Å²) < 4.78 is 24.7. The van der Waals surface area contributed by atoms with Gasteiger partial charge in [-0.2, -0.15) is 0 Å². The molecule has 1 aromatic heterocycles. The number of aryl methyl sites for hydroxylation is 1. The highest BCUT2D eigenvalue weighted by Gasteiger charge is 2.24. The van der Waals surface area contributed by atoms with Crippen LogP contribution in [0.15, 0.2) is 16.4 Å². The third kappa shape index (κ3) is 5.75. The van der Waals surface area contributed by atoms with Crippen LogP contribution in [0.3, 0.4) is 0 Å². The molecule has 0 unspecified atom stereocenters. The number of nitrogens with zero attached hydrogens (tertiary/aromatic N) is 2. The Bertz CT molecular complexity index is 647. The third-order valence-corrected chi connectivity index (χ3v) is 6.60. The molecule has 24 heavy (non-hydrogen) atoms. The highest BCUT2D eigenvalue weighted by molar-refractivity contribution is 7.88. The first-order valence-electron chi connectivity index (χ1n) is 8.40. The van der Waals surface area contributed by atoms with E-state index >= 15 is 0 Å². The molecule has 0 spiro atoms. The average molecular weight is 373 g/mol. The predicted octanol–water partition coefficient (Wildman–Crippen LogP) is 1.78. The number of aliphatic imine (C=N–C) groups is 1. The van der Waals surface area contributed by atoms with Crippen molar-refractivity contribution in [2.75, 3.05) is 32.4 Å². The first-order chi connectivity index (χ1) is 11.4. The van der Waals surface area contributed by atoms with Gasteiger partial charge in [-0.3, -0.25) is 0 Å². The molecule has 136 valence electrons. The fourth-order valence-corrected chi connectivity index (χ4v) is 4.45. The van der Waals surface area contributed by atoms with E-state index in [1.807, 2.05) is 0 Å². The van der Waals surface area contributed by atoms with E-state index in [2.05, 4.69) is 40.9 Å². The fourth-order valence-electron chi connectivity index (χ4n) is 2.74. The molecule has 1 saturated heterocycles. The molecule has 1 aromatic rings. The molecule has 2 heterocycles. The number of thiophene rings is 1. The van der Waals surface area contributed by atoms with Gasteiger partial charge in [0.1, 0.15) is 0 Å². The number of nitrogens with one attached hydrogen (secondary N) is 2.